The zero-order valence-corrected chi connectivity index (χ0v) is 81.1. The topological polar surface area (TPSA) is 1010 Å². The van der Waals surface area contributed by atoms with Crippen LogP contribution in [0.2, 0.25) is 0 Å². The first-order chi connectivity index (χ1) is 70.9. The second-order valence-corrected chi connectivity index (χ2v) is 38.1. The maximum absolute atomic E-state index is 13.6. The molecule has 150 heavy (non-hydrogen) atoms. The van der Waals surface area contributed by atoms with Gasteiger partial charge in [0.1, 0.15) is 287 Å². The Bertz CT molecular complexity index is 4250. The average Bonchev–Trinajstić information content (AvgIpc) is 0.763. The number of amides is 6. The highest BCUT2D eigenvalue weighted by atomic mass is 16.8. The van der Waals surface area contributed by atoms with Gasteiger partial charge < -0.3 is 299 Å². The van der Waals surface area contributed by atoms with Gasteiger partial charge in [-0.1, -0.05) is 0 Å². The van der Waals surface area contributed by atoms with Crippen molar-refractivity contribution < 1.29 is 296 Å². The SMILES string of the molecule is CC(=O)N[C@@H]1[C@@H](O)[C@H](O[C@@H]2O[C@H](CO)[C@@H](O[C@@H]3O[C@H](CO[C@H]4O[C@H](CO[C@@H]5O[C@H](CO)[C@@H](O)[C@H](O)[C@H]5NC(C)=O)[C@@H](O)[C@H](O)[C@@H]4O[C@@H]4O[C@H](CO)[C@@H](O)[C@H](O)[C@H]4NC(C)=O)[C@@H](O)[C@H](O[C@H]4O[C@H](CO)[C@@H](O[C@@H]5O[C@H](CO)[C@@H](O)[C@H](O)[C@H]5NC(C)=O)[C@H](O)[C@@H]4O[C@@H]4O[C@H](CO)[C@@H](O[C@@H]5O[C@H](CO)[C@H](O)[C@H](O[C@H]6O[C@H](CO)[C@H](O)[C@H](O)[C@H]6O)[C@H]5O)[C@H](O)[C@H]4NC(C)=O)[C@@H]3O)[C@H](O)[C@H]2NC(C)=O)[C@@H](CO[C@@H]2O[C@@H](C)[C@@H](O)[C@H](O)[C@@H]2O)O[C@H]1O. The minimum atomic E-state index is -2.82. The number of aliphatic hydroxyl groups is 31. The van der Waals surface area contributed by atoms with E-state index in [1.165, 1.54) is 6.92 Å². The highest BCUT2D eigenvalue weighted by molar-refractivity contribution is 5.75. The van der Waals surface area contributed by atoms with E-state index in [-0.39, 0.29) is 0 Å². The van der Waals surface area contributed by atoms with Crippen LogP contribution in [0.5, 0.6) is 0 Å². The molecular weight excluding hydrogens is 2050 g/mol. The van der Waals surface area contributed by atoms with Gasteiger partial charge in [0.25, 0.3) is 0 Å². The maximum Gasteiger partial charge on any atom is 0.217 e. The maximum atomic E-state index is 13.6. The minimum absolute atomic E-state index is 0.840. The Kier molecular flexibility index (Phi) is 44.4. The summed E-state index contributed by atoms with van der Waals surface area (Å²) in [5.41, 5.74) is 0. The number of nitrogens with one attached hydrogen (secondary N) is 6. The van der Waals surface area contributed by atoms with Crippen LogP contribution in [0.3, 0.4) is 0 Å². The van der Waals surface area contributed by atoms with Crippen LogP contribution < -0.4 is 31.9 Å². The smallest absolute Gasteiger partial charge is 0.217 e. The number of ether oxygens (including phenoxy) is 23. The normalized spacial score (nSPS) is 48.8. The van der Waals surface area contributed by atoms with E-state index in [0.717, 1.165) is 41.5 Å². The highest BCUT2D eigenvalue weighted by Gasteiger charge is 2.64. The Morgan fingerprint density at radius 1 is 0.187 bits per heavy atom. The highest BCUT2D eigenvalue weighted by Crippen LogP contribution is 2.43. The van der Waals surface area contributed by atoms with Crippen LogP contribution in [-0.2, 0) is 138 Å². The van der Waals surface area contributed by atoms with Crippen molar-refractivity contribution in [2.45, 2.75) is 417 Å². The van der Waals surface area contributed by atoms with Gasteiger partial charge >= 0.3 is 0 Å². The predicted molar refractivity (Wildman–Crippen MR) is 463 cm³/mol. The third-order valence-corrected chi connectivity index (χ3v) is 27.4. The second-order valence-electron chi connectivity index (χ2n) is 38.1. The summed E-state index contributed by atoms with van der Waals surface area (Å²) < 4.78 is 139. The van der Waals surface area contributed by atoms with E-state index in [2.05, 4.69) is 31.9 Å². The fraction of sp³-hybridized carbons (Fsp3) is 0.929. The molecule has 0 spiro atoms. The molecule has 866 valence electrons. The van der Waals surface area contributed by atoms with Gasteiger partial charge in [0.2, 0.25) is 35.4 Å². The fourth-order valence-corrected chi connectivity index (χ4v) is 19.5. The van der Waals surface area contributed by atoms with Crippen LogP contribution in [0.15, 0.2) is 0 Å². The zero-order valence-electron chi connectivity index (χ0n) is 81.1. The Morgan fingerprint density at radius 2 is 0.427 bits per heavy atom. The summed E-state index contributed by atoms with van der Waals surface area (Å²) in [5.74, 6) is -5.84. The Balaban J connectivity index is 0.943. The summed E-state index contributed by atoms with van der Waals surface area (Å²) >= 11 is 0. The van der Waals surface area contributed by atoms with Gasteiger partial charge in [-0.25, -0.2) is 0 Å². The largest absolute Gasteiger partial charge is 0.394 e. The molecule has 12 rings (SSSR count). The fourth-order valence-electron chi connectivity index (χ4n) is 19.5. The molecule has 0 aromatic rings. The summed E-state index contributed by atoms with van der Waals surface area (Å²) in [6.07, 6.45) is -118. The van der Waals surface area contributed by atoms with Crippen molar-refractivity contribution in [2.75, 3.05) is 72.7 Å². The molecule has 0 saturated carbocycles. The van der Waals surface area contributed by atoms with Crippen LogP contribution in [0.25, 0.3) is 0 Å². The molecule has 37 N–H and O–H groups in total. The minimum Gasteiger partial charge on any atom is -0.394 e. The van der Waals surface area contributed by atoms with Crippen molar-refractivity contribution in [1.82, 2.24) is 31.9 Å². The quantitative estimate of drug-likeness (QED) is 0.0272. The molecule has 66 nitrogen and oxygen atoms in total. The molecule has 6 amide bonds. The number of hydrogen-bond acceptors (Lipinski definition) is 60. The lowest BCUT2D eigenvalue weighted by molar-refractivity contribution is -0.406. The standard InChI is InChI=1S/C84H140N6O60/c1-19-43(105)57(119)60(122)79(131-19)129-18-36-68(54(116)37(73(127)132-36)85-20(2)99)144-77-41(89-24(6)103)55(117)66(31(13-96)138-77)146-82-64(126)70(50(112)35(141-82)17-130-83-71(149-76-40(88-23(5)102)53(115)46(108)28(10-93)135-76)59(121)48(110)34(142-83)16-128-74-38(86-21(3)100)51(113)44(106)26(8-91)133-74)148-84-72(62(124)67(33(15-98)140-84)143-75-39(87-22(4)101)52(114)45(107)27(9-92)134-75)150-78-42(90-25(7)104)56(118)65(32(14-97)139-78)145-81-63(125)69(49(111)30(12-95)137-81)147-80-61(123)58(120)47(109)29(11-94)136-80/h19,26-84,91-98,105-127H,8-18H2,1-7H3,(H,85,99)(H,86,100)(H,87,101)(H,88,102)(H,89,103)(H,90,104)/t19-,26+,27+,28+,29+,30+,31+,32+,33+,34+,35+,36+,37+,38+,39+,40+,41+,42+,43+,44+,45+,46+,47-,48+,49-,50+,51+,52+,53+,54+,55+,56+,57-,58-,59-,60-,61+,62-,63+,64-,65+,66+,67+,68+,69-,70-,71-,72-,73+,74+,75-,76-,77-,78-,79+,80+,81-,82-,83-,84+/m0/s1. The van der Waals surface area contributed by atoms with Gasteiger partial charge in [-0.15, -0.1) is 0 Å². The molecule has 0 aromatic heterocycles. The second kappa shape index (κ2) is 54.0. The van der Waals surface area contributed by atoms with Crippen molar-refractivity contribution in [3.8, 4) is 0 Å². The Labute approximate surface area is 849 Å². The molecule has 12 heterocycles. The Morgan fingerprint density at radius 3 is 0.840 bits per heavy atom. The van der Waals surface area contributed by atoms with E-state index in [0.29, 0.717) is 0 Å². The van der Waals surface area contributed by atoms with Crippen LogP contribution in [0.4, 0.5) is 0 Å². The first kappa shape index (κ1) is 123. The van der Waals surface area contributed by atoms with Gasteiger partial charge in [0.05, 0.1) is 78.8 Å². The summed E-state index contributed by atoms with van der Waals surface area (Å²) in [5, 5.41) is 368. The van der Waals surface area contributed by atoms with Gasteiger partial charge in [-0.2, -0.15) is 0 Å². The predicted octanol–water partition coefficient (Wildman–Crippen LogP) is -25.3. The lowest BCUT2D eigenvalue weighted by Gasteiger charge is -2.52. The number of carbonyl (C=O) groups is 6. The molecule has 0 aromatic carbocycles. The summed E-state index contributed by atoms with van der Waals surface area (Å²) in [7, 11) is 0. The molecule has 0 radical (unpaired) electrons. The molecule has 66 heteroatoms. The number of carbonyl (C=O) groups excluding carboxylic acids is 6. The molecule has 12 aliphatic rings. The first-order valence-corrected chi connectivity index (χ1v) is 48.0. The first-order valence-electron chi connectivity index (χ1n) is 48.0. The summed E-state index contributed by atoms with van der Waals surface area (Å²) in [6, 6.07) is -11.8. The average molecular weight is 2190 g/mol. The van der Waals surface area contributed by atoms with Crippen LogP contribution in [0, 0.1) is 0 Å². The Hall–Kier alpha value is -5.34. The van der Waals surface area contributed by atoms with Crippen molar-refractivity contribution >= 4 is 35.4 Å². The number of rotatable bonds is 39. The molecule has 60 atom stereocenters. The van der Waals surface area contributed by atoms with E-state index < -0.39 is 476 Å². The third-order valence-electron chi connectivity index (χ3n) is 27.4. The van der Waals surface area contributed by atoms with E-state index in [1.807, 2.05) is 0 Å². The van der Waals surface area contributed by atoms with Crippen LogP contribution >= 0.6 is 0 Å². The van der Waals surface area contributed by atoms with E-state index in [1.54, 1.807) is 0 Å². The van der Waals surface area contributed by atoms with Crippen molar-refractivity contribution in [3.05, 3.63) is 0 Å². The molecule has 12 fully saturated rings. The lowest BCUT2D eigenvalue weighted by atomic mass is 9.93. The summed E-state index contributed by atoms with van der Waals surface area (Å²) in [4.78, 5) is 78.2. The molecule has 0 bridgehead atoms. The molecule has 12 saturated heterocycles. The van der Waals surface area contributed by atoms with Crippen molar-refractivity contribution in [2.24, 2.45) is 0 Å². The van der Waals surface area contributed by atoms with E-state index in [4.69, 9.17) is 109 Å². The molecule has 12 aliphatic heterocycles. The summed E-state index contributed by atoms with van der Waals surface area (Å²) in [6.45, 7) is -6.14. The lowest BCUT2D eigenvalue weighted by Crippen LogP contribution is -2.71. The van der Waals surface area contributed by atoms with Gasteiger partial charge in [0, 0.05) is 41.5 Å². The van der Waals surface area contributed by atoms with Crippen molar-refractivity contribution in [3.63, 3.8) is 0 Å². The van der Waals surface area contributed by atoms with Crippen LogP contribution in [-0.4, -0.2) is 635 Å². The van der Waals surface area contributed by atoms with E-state index >= 15 is 0 Å². The number of aliphatic hydroxyl groups excluding tert-OH is 31. The van der Waals surface area contributed by atoms with Gasteiger partial charge in [-0.05, 0) is 6.92 Å². The molecule has 0 unspecified atom stereocenters. The monoisotopic (exact) mass is 2190 g/mol. The number of hydrogen-bond donors (Lipinski definition) is 37. The van der Waals surface area contributed by atoms with Crippen molar-refractivity contribution in [1.29, 1.82) is 0 Å². The van der Waals surface area contributed by atoms with Crippen LogP contribution in [0.1, 0.15) is 48.5 Å². The molecule has 0 aliphatic carbocycles. The van der Waals surface area contributed by atoms with Gasteiger partial charge in [0.15, 0.2) is 75.5 Å². The molecular formula is C84H140N6O60. The third kappa shape index (κ3) is 27.7. The van der Waals surface area contributed by atoms with Gasteiger partial charge in [-0.3, -0.25) is 28.8 Å². The zero-order chi connectivity index (χ0) is 110. The van der Waals surface area contributed by atoms with E-state index in [9.17, 15) is 187 Å².